The van der Waals surface area contributed by atoms with Crippen LogP contribution in [0.15, 0.2) is 82.7 Å². The molecule has 1 aromatic heterocycles. The number of amides is 1. The number of benzene rings is 3. The third-order valence-corrected chi connectivity index (χ3v) is 5.47. The first-order valence-electron chi connectivity index (χ1n) is 9.78. The van der Waals surface area contributed by atoms with E-state index < -0.39 is 5.91 Å². The van der Waals surface area contributed by atoms with Gasteiger partial charge in [-0.2, -0.15) is 10.2 Å². The Kier molecular flexibility index (Phi) is 6.35. The summed E-state index contributed by atoms with van der Waals surface area (Å²) in [6.07, 6.45) is 0. The lowest BCUT2D eigenvalue weighted by Crippen LogP contribution is -2.29. The summed E-state index contributed by atoms with van der Waals surface area (Å²) in [7, 11) is 0. The molecule has 1 N–H and O–H groups in total. The van der Waals surface area contributed by atoms with Crippen molar-refractivity contribution in [2.24, 2.45) is 5.10 Å². The van der Waals surface area contributed by atoms with E-state index in [2.05, 4.69) is 15.6 Å². The Labute approximate surface area is 194 Å². The minimum Gasteiger partial charge on any atom is -0.267 e. The van der Waals surface area contributed by atoms with E-state index in [1.165, 1.54) is 4.68 Å². The first kappa shape index (κ1) is 21.7. The van der Waals surface area contributed by atoms with E-state index in [-0.39, 0.29) is 17.8 Å². The second-order valence-electron chi connectivity index (χ2n) is 7.10. The number of halogens is 2. The van der Waals surface area contributed by atoms with Crippen molar-refractivity contribution in [1.29, 1.82) is 0 Å². The molecule has 0 saturated heterocycles. The fraction of sp³-hybridized carbons (Fsp3) is 0.0833. The molecule has 4 rings (SSSR count). The van der Waals surface area contributed by atoms with Crippen LogP contribution in [0.3, 0.4) is 0 Å². The lowest BCUT2D eigenvalue weighted by atomic mass is 10.1. The van der Waals surface area contributed by atoms with Crippen LogP contribution in [0, 0.1) is 0 Å². The molecule has 0 fully saturated rings. The number of rotatable bonds is 5. The smallest absolute Gasteiger partial charge is 0.267 e. The van der Waals surface area contributed by atoms with Gasteiger partial charge in [-0.05, 0) is 36.8 Å². The van der Waals surface area contributed by atoms with Crippen LogP contribution in [0.1, 0.15) is 28.5 Å². The number of aromatic nitrogens is 2. The molecule has 0 bridgehead atoms. The maximum absolute atomic E-state index is 13.0. The van der Waals surface area contributed by atoms with Crippen LogP contribution < -0.4 is 11.0 Å². The number of hydrogen-bond donors (Lipinski definition) is 1. The van der Waals surface area contributed by atoms with E-state index in [1.807, 2.05) is 30.3 Å². The van der Waals surface area contributed by atoms with Crippen LogP contribution in [0.5, 0.6) is 0 Å². The zero-order chi connectivity index (χ0) is 22.7. The molecule has 0 aliphatic carbocycles. The number of nitrogens with zero attached hydrogens (tertiary/aromatic N) is 3. The highest BCUT2D eigenvalue weighted by atomic mass is 35.5. The standard InChI is InChI=1S/C24H18Cl2N4O2/c1-15(20-13-17(25)11-12-21(20)26)27-28-23(31)22-18-9-5-6-10-19(18)24(32)30(29-22)14-16-7-3-2-4-8-16/h2-13H,14H2,1H3,(H,28,31)/b27-15+. The maximum Gasteiger partial charge on any atom is 0.292 e. The van der Waals surface area contributed by atoms with Crippen molar-refractivity contribution in [3.8, 4) is 0 Å². The van der Waals surface area contributed by atoms with Gasteiger partial charge in [-0.1, -0.05) is 71.7 Å². The highest BCUT2D eigenvalue weighted by molar-refractivity contribution is 6.36. The summed E-state index contributed by atoms with van der Waals surface area (Å²) in [6.45, 7) is 1.95. The first-order chi connectivity index (χ1) is 15.4. The van der Waals surface area contributed by atoms with E-state index in [0.29, 0.717) is 32.1 Å². The fourth-order valence-electron chi connectivity index (χ4n) is 3.29. The second-order valence-corrected chi connectivity index (χ2v) is 7.95. The molecule has 1 heterocycles. The molecule has 6 nitrogen and oxygen atoms in total. The zero-order valence-electron chi connectivity index (χ0n) is 17.0. The van der Waals surface area contributed by atoms with Crippen molar-refractivity contribution in [3.63, 3.8) is 0 Å². The SMILES string of the molecule is C/C(=N\NC(=O)c1nn(Cc2ccccc2)c(=O)c2ccccc12)c1cc(Cl)ccc1Cl. The molecule has 0 saturated carbocycles. The topological polar surface area (TPSA) is 76.3 Å². The average molecular weight is 465 g/mol. The Hall–Kier alpha value is -3.48. The Morgan fingerprint density at radius 3 is 2.44 bits per heavy atom. The highest BCUT2D eigenvalue weighted by Crippen LogP contribution is 2.21. The normalized spacial score (nSPS) is 11.5. The Morgan fingerprint density at radius 1 is 1.00 bits per heavy atom. The molecule has 0 aliphatic heterocycles. The van der Waals surface area contributed by atoms with Crippen LogP contribution in [-0.2, 0) is 6.54 Å². The fourth-order valence-corrected chi connectivity index (χ4v) is 3.72. The lowest BCUT2D eigenvalue weighted by Gasteiger charge is -2.11. The molecule has 3 aromatic carbocycles. The van der Waals surface area contributed by atoms with Crippen molar-refractivity contribution in [1.82, 2.24) is 15.2 Å². The quantitative estimate of drug-likeness (QED) is 0.336. The van der Waals surface area contributed by atoms with Gasteiger partial charge in [0.05, 0.1) is 17.6 Å². The van der Waals surface area contributed by atoms with Gasteiger partial charge in [0.2, 0.25) is 0 Å². The van der Waals surface area contributed by atoms with Gasteiger partial charge in [0, 0.05) is 21.0 Å². The van der Waals surface area contributed by atoms with E-state index in [4.69, 9.17) is 23.2 Å². The lowest BCUT2D eigenvalue weighted by molar-refractivity contribution is 0.0949. The molecule has 0 aliphatic rings. The van der Waals surface area contributed by atoms with Crippen LogP contribution in [-0.4, -0.2) is 21.4 Å². The van der Waals surface area contributed by atoms with Crippen molar-refractivity contribution >= 4 is 45.6 Å². The summed E-state index contributed by atoms with van der Waals surface area (Å²) >= 11 is 12.3. The average Bonchev–Trinajstić information content (AvgIpc) is 2.81. The summed E-state index contributed by atoms with van der Waals surface area (Å²) in [5.41, 5.74) is 4.32. The predicted molar refractivity (Wildman–Crippen MR) is 128 cm³/mol. The molecule has 0 atom stereocenters. The van der Waals surface area contributed by atoms with Gasteiger partial charge in [-0.15, -0.1) is 0 Å². The van der Waals surface area contributed by atoms with E-state index in [0.717, 1.165) is 5.56 Å². The van der Waals surface area contributed by atoms with Gasteiger partial charge in [-0.3, -0.25) is 9.59 Å². The van der Waals surface area contributed by atoms with Gasteiger partial charge in [0.25, 0.3) is 11.5 Å². The molecular weight excluding hydrogens is 447 g/mol. The van der Waals surface area contributed by atoms with Gasteiger partial charge >= 0.3 is 0 Å². The summed E-state index contributed by atoms with van der Waals surface area (Å²) < 4.78 is 1.29. The van der Waals surface area contributed by atoms with Gasteiger partial charge in [0.1, 0.15) is 0 Å². The zero-order valence-corrected chi connectivity index (χ0v) is 18.6. The van der Waals surface area contributed by atoms with Gasteiger partial charge < -0.3 is 0 Å². The third kappa shape index (κ3) is 4.56. The monoisotopic (exact) mass is 464 g/mol. The van der Waals surface area contributed by atoms with E-state index in [9.17, 15) is 9.59 Å². The summed E-state index contributed by atoms with van der Waals surface area (Å²) in [4.78, 5) is 25.9. The van der Waals surface area contributed by atoms with Crippen LogP contribution >= 0.6 is 23.2 Å². The van der Waals surface area contributed by atoms with E-state index in [1.54, 1.807) is 49.4 Å². The molecule has 1 amide bonds. The molecule has 4 aromatic rings. The van der Waals surface area contributed by atoms with Crippen molar-refractivity contribution in [2.45, 2.75) is 13.5 Å². The molecular formula is C24H18Cl2N4O2. The second kappa shape index (κ2) is 9.34. The van der Waals surface area contributed by atoms with Crippen LogP contribution in [0.4, 0.5) is 0 Å². The van der Waals surface area contributed by atoms with Crippen molar-refractivity contribution < 1.29 is 4.79 Å². The molecule has 32 heavy (non-hydrogen) atoms. The Bertz CT molecular complexity index is 1400. The molecule has 0 radical (unpaired) electrons. The predicted octanol–water partition coefficient (Wildman–Crippen LogP) is 4.91. The number of hydrazone groups is 1. The molecule has 160 valence electrons. The largest absolute Gasteiger partial charge is 0.292 e. The summed E-state index contributed by atoms with van der Waals surface area (Å²) in [5.74, 6) is -0.541. The molecule has 0 spiro atoms. The number of hydrogen-bond acceptors (Lipinski definition) is 4. The minimum atomic E-state index is -0.541. The number of fused-ring (bicyclic) bond motifs is 1. The van der Waals surface area contributed by atoms with Crippen molar-refractivity contribution in [3.05, 3.63) is 110 Å². The molecule has 0 unspecified atom stereocenters. The molecule has 8 heteroatoms. The van der Waals surface area contributed by atoms with Crippen molar-refractivity contribution in [2.75, 3.05) is 0 Å². The van der Waals surface area contributed by atoms with E-state index >= 15 is 0 Å². The van der Waals surface area contributed by atoms with Gasteiger partial charge in [0.15, 0.2) is 5.69 Å². The highest BCUT2D eigenvalue weighted by Gasteiger charge is 2.17. The van der Waals surface area contributed by atoms with Gasteiger partial charge in [-0.25, -0.2) is 10.1 Å². The third-order valence-electron chi connectivity index (χ3n) is 4.90. The Morgan fingerprint density at radius 2 is 1.69 bits per heavy atom. The van der Waals surface area contributed by atoms with Crippen LogP contribution in [0.2, 0.25) is 10.0 Å². The summed E-state index contributed by atoms with van der Waals surface area (Å²) in [6, 6.07) is 21.3. The Balaban J connectivity index is 1.71. The van der Waals surface area contributed by atoms with Crippen LogP contribution in [0.25, 0.3) is 10.8 Å². The number of nitrogens with one attached hydrogen (secondary N) is 1. The summed E-state index contributed by atoms with van der Waals surface area (Å²) in [5, 5.41) is 10.3. The number of carbonyl (C=O) groups is 1. The maximum atomic E-state index is 13.0. The minimum absolute atomic E-state index is 0.102. The first-order valence-corrected chi connectivity index (χ1v) is 10.5. The number of carbonyl (C=O) groups excluding carboxylic acids is 1.